The summed E-state index contributed by atoms with van der Waals surface area (Å²) in [6.07, 6.45) is 0.441. The first-order valence-corrected chi connectivity index (χ1v) is 6.36. The third-order valence-electron chi connectivity index (χ3n) is 1.31. The summed E-state index contributed by atoms with van der Waals surface area (Å²) in [7, 11) is -0.0527. The van der Waals surface area contributed by atoms with Crippen LogP contribution in [0.1, 0.15) is 6.42 Å². The summed E-state index contributed by atoms with van der Waals surface area (Å²) in [5.74, 6) is 0.470. The molecular weight excluding hydrogens is 210 g/mol. The molecule has 0 rings (SSSR count). The average Bonchev–Trinajstić information content (AvgIpc) is 1.95. The zero-order valence-corrected chi connectivity index (χ0v) is 9.49. The van der Waals surface area contributed by atoms with Crippen LogP contribution in [0.4, 0.5) is 0 Å². The Morgan fingerprint density at radius 3 is 2.46 bits per heavy atom. The Morgan fingerprint density at radius 1 is 1.54 bits per heavy atom. The number of hydrogen-bond acceptors (Lipinski definition) is 4. The second kappa shape index (κ2) is 5.51. The van der Waals surface area contributed by atoms with Crippen LogP contribution in [-0.2, 0) is 10.1 Å². The van der Waals surface area contributed by atoms with Crippen LogP contribution in [0.2, 0.25) is 0 Å². The third-order valence-corrected chi connectivity index (χ3v) is 3.31. The van der Waals surface area contributed by atoms with Crippen LogP contribution in [-0.4, -0.2) is 43.5 Å². The van der Waals surface area contributed by atoms with Gasteiger partial charge in [0.2, 0.25) is 0 Å². The summed E-state index contributed by atoms with van der Waals surface area (Å²) < 4.78 is 29.1. The zero-order valence-electron chi connectivity index (χ0n) is 7.86. The van der Waals surface area contributed by atoms with Crippen molar-refractivity contribution >= 4 is 21.9 Å². The lowest BCUT2D eigenvalue weighted by Gasteiger charge is -2.13. The van der Waals surface area contributed by atoms with Gasteiger partial charge in [0.25, 0.3) is 10.1 Å². The molecule has 0 spiro atoms. The van der Waals surface area contributed by atoms with Crippen molar-refractivity contribution in [2.45, 2.75) is 6.42 Å². The minimum Gasteiger partial charge on any atom is -0.373 e. The average molecular weight is 225 g/mol. The van der Waals surface area contributed by atoms with Gasteiger partial charge in [0.05, 0.1) is 10.8 Å². The van der Waals surface area contributed by atoms with E-state index in [4.69, 9.17) is 4.55 Å². The quantitative estimate of drug-likeness (QED) is 0.540. The molecule has 0 fully saturated rings. The molecule has 13 heavy (non-hydrogen) atoms. The molecule has 0 heterocycles. The standard InChI is InChI=1S/C7H15NO3S2/c1-7(8(2)3)12-5-4-6-13(9,10)11/h1,4-6H2,2-3H3,(H,9,10,11). The van der Waals surface area contributed by atoms with E-state index in [9.17, 15) is 8.42 Å². The molecule has 1 N–H and O–H groups in total. The summed E-state index contributed by atoms with van der Waals surface area (Å²) in [5.41, 5.74) is 0. The topological polar surface area (TPSA) is 57.6 Å². The van der Waals surface area contributed by atoms with E-state index in [0.717, 1.165) is 5.03 Å². The third kappa shape index (κ3) is 8.14. The van der Waals surface area contributed by atoms with Crippen LogP contribution < -0.4 is 0 Å². The fourth-order valence-corrected chi connectivity index (χ4v) is 2.03. The minimum atomic E-state index is -3.80. The fraction of sp³-hybridized carbons (Fsp3) is 0.714. The summed E-state index contributed by atoms with van der Waals surface area (Å²) in [6, 6.07) is 0. The molecule has 4 nitrogen and oxygen atoms in total. The Balaban J connectivity index is 3.53. The Kier molecular flexibility index (Phi) is 5.43. The molecule has 0 aliphatic heterocycles. The largest absolute Gasteiger partial charge is 0.373 e. The Labute approximate surface area is 83.8 Å². The highest BCUT2D eigenvalue weighted by Crippen LogP contribution is 2.15. The molecular formula is C7H15NO3S2. The Morgan fingerprint density at radius 2 is 2.08 bits per heavy atom. The second-order valence-corrected chi connectivity index (χ2v) is 5.52. The highest BCUT2D eigenvalue weighted by Gasteiger charge is 2.04. The van der Waals surface area contributed by atoms with Gasteiger partial charge < -0.3 is 4.90 Å². The number of nitrogens with zero attached hydrogens (tertiary/aromatic N) is 1. The van der Waals surface area contributed by atoms with E-state index in [-0.39, 0.29) is 5.75 Å². The molecule has 0 amide bonds. The van der Waals surface area contributed by atoms with Crippen molar-refractivity contribution < 1.29 is 13.0 Å². The van der Waals surface area contributed by atoms with Crippen LogP contribution in [0, 0.1) is 0 Å². The number of hydrogen-bond donors (Lipinski definition) is 1. The van der Waals surface area contributed by atoms with Crippen molar-refractivity contribution in [2.75, 3.05) is 25.6 Å². The second-order valence-electron chi connectivity index (χ2n) is 2.78. The lowest BCUT2D eigenvalue weighted by molar-refractivity contribution is 0.482. The molecule has 0 saturated heterocycles. The lowest BCUT2D eigenvalue weighted by atomic mass is 10.6. The first-order valence-electron chi connectivity index (χ1n) is 3.77. The number of rotatable bonds is 6. The summed E-state index contributed by atoms with van der Waals surface area (Å²) >= 11 is 1.48. The van der Waals surface area contributed by atoms with E-state index in [0.29, 0.717) is 12.2 Å². The first kappa shape index (κ1) is 12.8. The van der Waals surface area contributed by atoms with Gasteiger partial charge in [-0.3, -0.25) is 4.55 Å². The molecule has 78 valence electrons. The van der Waals surface area contributed by atoms with Gasteiger partial charge in [-0.25, -0.2) is 0 Å². The maximum absolute atomic E-state index is 10.3. The molecule has 0 aliphatic rings. The molecule has 0 aromatic carbocycles. The first-order chi connectivity index (χ1) is 5.83. The maximum Gasteiger partial charge on any atom is 0.264 e. The monoisotopic (exact) mass is 225 g/mol. The summed E-state index contributed by atoms with van der Waals surface area (Å²) in [5, 5.41) is 0.885. The normalized spacial score (nSPS) is 11.3. The van der Waals surface area contributed by atoms with Gasteiger partial charge in [-0.15, -0.1) is 11.8 Å². The summed E-state index contributed by atoms with van der Waals surface area (Å²) in [4.78, 5) is 1.86. The van der Waals surface area contributed by atoms with Gasteiger partial charge in [0.15, 0.2) is 0 Å². The Hall–Kier alpha value is -0.200. The predicted octanol–water partition coefficient (Wildman–Crippen LogP) is 1.03. The van der Waals surface area contributed by atoms with Gasteiger partial charge in [0, 0.05) is 19.8 Å². The smallest absolute Gasteiger partial charge is 0.264 e. The predicted molar refractivity (Wildman–Crippen MR) is 56.3 cm³/mol. The highest BCUT2D eigenvalue weighted by atomic mass is 32.2. The van der Waals surface area contributed by atoms with E-state index in [2.05, 4.69) is 6.58 Å². The van der Waals surface area contributed by atoms with E-state index in [1.165, 1.54) is 11.8 Å². The van der Waals surface area contributed by atoms with E-state index in [1.807, 2.05) is 19.0 Å². The van der Waals surface area contributed by atoms with E-state index >= 15 is 0 Å². The maximum atomic E-state index is 10.3. The van der Waals surface area contributed by atoms with Crippen molar-refractivity contribution in [3.05, 3.63) is 11.6 Å². The number of thioether (sulfide) groups is 1. The van der Waals surface area contributed by atoms with Gasteiger partial charge in [-0.05, 0) is 6.42 Å². The molecule has 0 unspecified atom stereocenters. The zero-order chi connectivity index (χ0) is 10.5. The molecule has 0 saturated carbocycles. The van der Waals surface area contributed by atoms with Crippen molar-refractivity contribution in [1.82, 2.24) is 4.90 Å². The van der Waals surface area contributed by atoms with E-state index < -0.39 is 10.1 Å². The van der Waals surface area contributed by atoms with Crippen LogP contribution in [0.5, 0.6) is 0 Å². The molecule has 0 aliphatic carbocycles. The Bertz CT molecular complexity index is 259. The molecule has 0 aromatic heterocycles. The lowest BCUT2D eigenvalue weighted by Crippen LogP contribution is -2.09. The van der Waals surface area contributed by atoms with Gasteiger partial charge in [-0.1, -0.05) is 6.58 Å². The molecule has 6 heteroatoms. The van der Waals surface area contributed by atoms with Crippen LogP contribution in [0.3, 0.4) is 0 Å². The van der Waals surface area contributed by atoms with Crippen molar-refractivity contribution in [2.24, 2.45) is 0 Å². The van der Waals surface area contributed by atoms with Crippen molar-refractivity contribution in [3.63, 3.8) is 0 Å². The molecule has 0 atom stereocenters. The molecule has 0 radical (unpaired) electrons. The molecule has 0 bridgehead atoms. The minimum absolute atomic E-state index is 0.180. The highest BCUT2D eigenvalue weighted by molar-refractivity contribution is 8.03. The van der Waals surface area contributed by atoms with Gasteiger partial charge >= 0.3 is 0 Å². The van der Waals surface area contributed by atoms with Crippen LogP contribution in [0.25, 0.3) is 0 Å². The van der Waals surface area contributed by atoms with Crippen molar-refractivity contribution in [3.8, 4) is 0 Å². The van der Waals surface area contributed by atoms with Gasteiger partial charge in [0.1, 0.15) is 0 Å². The van der Waals surface area contributed by atoms with Gasteiger partial charge in [-0.2, -0.15) is 8.42 Å². The summed E-state index contributed by atoms with van der Waals surface area (Å²) in [6.45, 7) is 3.77. The van der Waals surface area contributed by atoms with Crippen LogP contribution in [0.15, 0.2) is 11.6 Å². The SMILES string of the molecule is C=C(SCCCS(=O)(=O)O)N(C)C. The van der Waals surface area contributed by atoms with Crippen molar-refractivity contribution in [1.29, 1.82) is 0 Å². The molecule has 0 aromatic rings. The van der Waals surface area contributed by atoms with E-state index in [1.54, 1.807) is 0 Å². The fourth-order valence-electron chi connectivity index (χ4n) is 0.560. The van der Waals surface area contributed by atoms with Crippen LogP contribution >= 0.6 is 11.8 Å².